The Morgan fingerprint density at radius 2 is 2.00 bits per heavy atom. The first-order valence-electron chi connectivity index (χ1n) is 7.13. The van der Waals surface area contributed by atoms with Crippen LogP contribution >= 0.6 is 0 Å². The van der Waals surface area contributed by atoms with Gasteiger partial charge in [-0.05, 0) is 53.6 Å². The number of aromatic hydroxyl groups is 1. The van der Waals surface area contributed by atoms with Gasteiger partial charge in [0.1, 0.15) is 5.75 Å². The van der Waals surface area contributed by atoms with Crippen LogP contribution < -0.4 is 0 Å². The first kappa shape index (κ1) is 12.8. The van der Waals surface area contributed by atoms with Gasteiger partial charge in [0.15, 0.2) is 5.78 Å². The normalized spacial score (nSPS) is 15.5. The molecule has 3 nitrogen and oxygen atoms in total. The molecule has 2 aromatic carbocycles. The molecule has 0 radical (unpaired) electrons. The van der Waals surface area contributed by atoms with Gasteiger partial charge < -0.3 is 5.11 Å². The van der Waals surface area contributed by atoms with Gasteiger partial charge in [-0.1, -0.05) is 12.1 Å². The van der Waals surface area contributed by atoms with Gasteiger partial charge in [0, 0.05) is 29.1 Å². The lowest BCUT2D eigenvalue weighted by atomic mass is 10.1. The Morgan fingerprint density at radius 3 is 2.91 bits per heavy atom. The van der Waals surface area contributed by atoms with Crippen molar-refractivity contribution in [2.75, 3.05) is 0 Å². The summed E-state index contributed by atoms with van der Waals surface area (Å²) in [6, 6.07) is 14.8. The first-order chi connectivity index (χ1) is 10.7. The number of phenolic OH excluding ortho intramolecular Hbond substituents is 1. The van der Waals surface area contributed by atoms with Crippen LogP contribution in [0.4, 0.5) is 0 Å². The molecule has 1 aliphatic carbocycles. The Balaban J connectivity index is 1.75. The molecule has 106 valence electrons. The van der Waals surface area contributed by atoms with Crippen LogP contribution in [-0.2, 0) is 6.42 Å². The second-order valence-corrected chi connectivity index (χ2v) is 5.47. The Hall–Kier alpha value is -2.94. The number of hydrogen-bond acceptors (Lipinski definition) is 3. The van der Waals surface area contributed by atoms with Crippen LogP contribution in [0.25, 0.3) is 17.0 Å². The summed E-state index contributed by atoms with van der Waals surface area (Å²) in [6.07, 6.45) is 4.25. The third kappa shape index (κ3) is 2.07. The number of carbonyl (C=O) groups excluding carboxylic acids is 1. The number of fused-ring (bicyclic) bond motifs is 2. The molecule has 0 spiro atoms. The highest BCUT2D eigenvalue weighted by atomic mass is 16.3. The van der Waals surface area contributed by atoms with Crippen molar-refractivity contribution in [2.45, 2.75) is 6.42 Å². The molecular weight excluding hydrogens is 274 g/mol. The fourth-order valence-electron chi connectivity index (χ4n) is 2.91. The highest BCUT2D eigenvalue weighted by molar-refractivity contribution is 6.15. The van der Waals surface area contributed by atoms with Gasteiger partial charge in [-0.15, -0.1) is 0 Å². The van der Waals surface area contributed by atoms with Gasteiger partial charge in [-0.3, -0.25) is 9.78 Å². The van der Waals surface area contributed by atoms with Gasteiger partial charge in [0.25, 0.3) is 0 Å². The second-order valence-electron chi connectivity index (χ2n) is 5.47. The fraction of sp³-hybridized carbons (Fsp3) is 0.0526. The Bertz CT molecular complexity index is 941. The summed E-state index contributed by atoms with van der Waals surface area (Å²) in [7, 11) is 0. The summed E-state index contributed by atoms with van der Waals surface area (Å²) in [5, 5.41) is 10.6. The van der Waals surface area contributed by atoms with Crippen molar-refractivity contribution in [3.05, 3.63) is 77.0 Å². The number of benzene rings is 2. The molecule has 0 unspecified atom stereocenters. The molecule has 1 aromatic heterocycles. The number of carbonyl (C=O) groups is 1. The lowest BCUT2D eigenvalue weighted by Gasteiger charge is -2.00. The number of Topliss-reactive ketones (excluding diaryl/α,β-unsaturated/α-hetero) is 1. The molecule has 0 fully saturated rings. The maximum absolute atomic E-state index is 12.4. The third-order valence-corrected chi connectivity index (χ3v) is 3.97. The SMILES string of the molecule is O=C1C(=Cc2ccc3ncccc3c2)Cc2cc(O)ccc21. The molecule has 1 heterocycles. The van der Waals surface area contributed by atoms with Crippen LogP contribution in [0.5, 0.6) is 5.75 Å². The van der Waals surface area contributed by atoms with Crippen molar-refractivity contribution >= 4 is 22.8 Å². The van der Waals surface area contributed by atoms with Crippen LogP contribution in [0.15, 0.2) is 60.3 Å². The van der Waals surface area contributed by atoms with E-state index in [1.165, 1.54) is 0 Å². The van der Waals surface area contributed by atoms with E-state index in [4.69, 9.17) is 0 Å². The summed E-state index contributed by atoms with van der Waals surface area (Å²) in [6.45, 7) is 0. The summed E-state index contributed by atoms with van der Waals surface area (Å²) < 4.78 is 0. The largest absolute Gasteiger partial charge is 0.508 e. The summed E-state index contributed by atoms with van der Waals surface area (Å²) in [5.41, 5.74) is 4.26. The highest BCUT2D eigenvalue weighted by Gasteiger charge is 2.24. The lowest BCUT2D eigenvalue weighted by Crippen LogP contribution is -1.95. The molecule has 0 atom stereocenters. The molecule has 1 N–H and O–H groups in total. The molecule has 0 saturated heterocycles. The molecular formula is C19H13NO2. The van der Waals surface area contributed by atoms with Crippen molar-refractivity contribution in [1.82, 2.24) is 4.98 Å². The zero-order valence-corrected chi connectivity index (χ0v) is 11.8. The molecule has 0 aliphatic heterocycles. The number of rotatable bonds is 1. The minimum Gasteiger partial charge on any atom is -0.508 e. The van der Waals surface area contributed by atoms with Crippen molar-refractivity contribution in [3.63, 3.8) is 0 Å². The molecule has 22 heavy (non-hydrogen) atoms. The maximum atomic E-state index is 12.4. The third-order valence-electron chi connectivity index (χ3n) is 3.97. The molecule has 0 amide bonds. The van der Waals surface area contributed by atoms with Gasteiger partial charge in [0.2, 0.25) is 0 Å². The van der Waals surface area contributed by atoms with Crippen LogP contribution in [0, 0.1) is 0 Å². The van der Waals surface area contributed by atoms with Gasteiger partial charge in [-0.2, -0.15) is 0 Å². The van der Waals surface area contributed by atoms with Crippen molar-refractivity contribution < 1.29 is 9.90 Å². The van der Waals surface area contributed by atoms with E-state index in [0.717, 1.165) is 27.6 Å². The lowest BCUT2D eigenvalue weighted by molar-refractivity contribution is 0.104. The number of ketones is 1. The van der Waals surface area contributed by atoms with E-state index >= 15 is 0 Å². The highest BCUT2D eigenvalue weighted by Crippen LogP contribution is 2.30. The van der Waals surface area contributed by atoms with Gasteiger partial charge in [-0.25, -0.2) is 0 Å². The van der Waals surface area contributed by atoms with Gasteiger partial charge >= 0.3 is 0 Å². The second kappa shape index (κ2) is 4.81. The fourth-order valence-corrected chi connectivity index (χ4v) is 2.91. The maximum Gasteiger partial charge on any atom is 0.189 e. The number of phenols is 1. The predicted octanol–water partition coefficient (Wildman–Crippen LogP) is 3.76. The average molecular weight is 287 g/mol. The zero-order valence-electron chi connectivity index (χ0n) is 11.8. The van der Waals surface area contributed by atoms with E-state index in [2.05, 4.69) is 4.98 Å². The van der Waals surface area contributed by atoms with E-state index in [1.54, 1.807) is 24.4 Å². The van der Waals surface area contributed by atoms with E-state index in [1.807, 2.05) is 36.4 Å². The predicted molar refractivity (Wildman–Crippen MR) is 85.9 cm³/mol. The van der Waals surface area contributed by atoms with E-state index in [0.29, 0.717) is 12.0 Å². The summed E-state index contributed by atoms with van der Waals surface area (Å²) in [4.78, 5) is 16.7. The van der Waals surface area contributed by atoms with Crippen LogP contribution in [0.1, 0.15) is 21.5 Å². The zero-order chi connectivity index (χ0) is 15.1. The monoisotopic (exact) mass is 287 g/mol. The molecule has 3 aromatic rings. The van der Waals surface area contributed by atoms with Crippen molar-refractivity contribution in [1.29, 1.82) is 0 Å². The first-order valence-corrected chi connectivity index (χ1v) is 7.13. The Morgan fingerprint density at radius 1 is 1.09 bits per heavy atom. The summed E-state index contributed by atoms with van der Waals surface area (Å²) >= 11 is 0. The number of aromatic nitrogens is 1. The van der Waals surface area contributed by atoms with Crippen molar-refractivity contribution in [3.8, 4) is 5.75 Å². The number of hydrogen-bond donors (Lipinski definition) is 1. The quantitative estimate of drug-likeness (QED) is 0.693. The van der Waals surface area contributed by atoms with Crippen LogP contribution in [0.2, 0.25) is 0 Å². The molecule has 4 rings (SSSR count). The molecule has 3 heteroatoms. The average Bonchev–Trinajstić information content (AvgIpc) is 2.82. The number of nitrogens with zero attached hydrogens (tertiary/aromatic N) is 1. The van der Waals surface area contributed by atoms with Crippen molar-refractivity contribution in [2.24, 2.45) is 0 Å². The standard InChI is InChI=1S/C19H13NO2/c21-16-4-5-17-14(11-16)10-15(19(17)22)9-12-3-6-18-13(8-12)2-1-7-20-18/h1-9,11,21H,10H2. The Labute approximate surface area is 127 Å². The van der Waals surface area contributed by atoms with Crippen LogP contribution in [0.3, 0.4) is 0 Å². The van der Waals surface area contributed by atoms with Gasteiger partial charge in [0.05, 0.1) is 5.52 Å². The minimum absolute atomic E-state index is 0.0429. The Kier molecular flexibility index (Phi) is 2.79. The topological polar surface area (TPSA) is 50.2 Å². The molecule has 0 saturated carbocycles. The molecule has 0 bridgehead atoms. The molecule has 1 aliphatic rings. The number of allylic oxidation sites excluding steroid dienone is 1. The smallest absolute Gasteiger partial charge is 0.189 e. The minimum atomic E-state index is 0.0429. The van der Waals surface area contributed by atoms with Crippen LogP contribution in [-0.4, -0.2) is 15.9 Å². The van der Waals surface area contributed by atoms with E-state index in [9.17, 15) is 9.90 Å². The van der Waals surface area contributed by atoms with E-state index in [-0.39, 0.29) is 11.5 Å². The van der Waals surface area contributed by atoms with E-state index < -0.39 is 0 Å². The number of pyridine rings is 1. The summed E-state index contributed by atoms with van der Waals surface area (Å²) in [5.74, 6) is 0.242.